The first-order valence-corrected chi connectivity index (χ1v) is 32.5. The highest BCUT2D eigenvalue weighted by molar-refractivity contribution is 6.31. The molecule has 2 saturated heterocycles. The molecule has 11 nitrogen and oxygen atoms in total. The molecular weight excluding hydrogens is 1060 g/mol. The first-order chi connectivity index (χ1) is 39.5. The van der Waals surface area contributed by atoms with E-state index in [2.05, 4.69) is 178 Å². The van der Waals surface area contributed by atoms with E-state index >= 15 is 0 Å². The Kier molecular flexibility index (Phi) is 26.9. The lowest BCUT2D eigenvalue weighted by Gasteiger charge is -2.55. The Bertz CT molecular complexity index is 2420. The average molecular weight is 1180 g/mol. The van der Waals surface area contributed by atoms with Gasteiger partial charge in [-0.05, 0) is 133 Å². The van der Waals surface area contributed by atoms with Gasteiger partial charge in [-0.3, -0.25) is 9.89 Å². The molecule has 0 radical (unpaired) electrons. The van der Waals surface area contributed by atoms with Crippen molar-refractivity contribution in [3.05, 3.63) is 118 Å². The van der Waals surface area contributed by atoms with E-state index < -0.39 is 11.7 Å². The van der Waals surface area contributed by atoms with Gasteiger partial charge in [0.05, 0.1) is 17.1 Å². The highest BCUT2D eigenvalue weighted by atomic mass is 35.5. The molecule has 0 bridgehead atoms. The number of nitrogens with one attached hydrogen (secondary N) is 6. The smallest absolute Gasteiger partial charge is 0.369 e. The van der Waals surface area contributed by atoms with Gasteiger partial charge in [-0.25, -0.2) is 0 Å². The van der Waals surface area contributed by atoms with E-state index in [1.807, 2.05) is 31.7 Å². The van der Waals surface area contributed by atoms with Gasteiger partial charge >= 0.3 is 6.18 Å². The zero-order valence-electron chi connectivity index (χ0n) is 53.6. The summed E-state index contributed by atoms with van der Waals surface area (Å²) in [5.74, 6) is 2.27. The van der Waals surface area contributed by atoms with E-state index in [1.165, 1.54) is 41.8 Å². The van der Waals surface area contributed by atoms with Crippen molar-refractivity contribution < 1.29 is 13.2 Å². The van der Waals surface area contributed by atoms with Crippen molar-refractivity contribution in [3.8, 4) is 0 Å². The molecule has 0 amide bonds. The largest absolute Gasteiger partial charge is 0.417 e. The van der Waals surface area contributed by atoms with E-state index in [4.69, 9.17) is 16.6 Å². The first kappa shape index (κ1) is 68.2. The molecule has 83 heavy (non-hydrogen) atoms. The van der Waals surface area contributed by atoms with Crippen molar-refractivity contribution in [1.82, 2.24) is 51.5 Å². The lowest BCUT2D eigenvalue weighted by atomic mass is 9.81. The van der Waals surface area contributed by atoms with E-state index in [0.717, 1.165) is 114 Å². The highest BCUT2D eigenvalue weighted by Crippen LogP contribution is 2.37. The van der Waals surface area contributed by atoms with Crippen molar-refractivity contribution in [1.29, 1.82) is 0 Å². The lowest BCUT2D eigenvalue weighted by Crippen LogP contribution is -2.70. The van der Waals surface area contributed by atoms with Gasteiger partial charge < -0.3 is 46.6 Å². The van der Waals surface area contributed by atoms with Crippen LogP contribution in [-0.4, -0.2) is 140 Å². The summed E-state index contributed by atoms with van der Waals surface area (Å²) in [6.45, 7) is 34.9. The van der Waals surface area contributed by atoms with Crippen LogP contribution in [0, 0.1) is 30.6 Å². The number of allylic oxidation sites excluding steroid dienone is 4. The second-order valence-electron chi connectivity index (χ2n) is 26.2. The quantitative estimate of drug-likeness (QED) is 0.131. The maximum Gasteiger partial charge on any atom is 0.417 e. The summed E-state index contributed by atoms with van der Waals surface area (Å²) in [5, 5.41) is 23.9. The molecule has 3 fully saturated rings. The number of halogens is 4. The topological polar surface area (TPSA) is 97.5 Å². The Balaban J connectivity index is 1.30. The van der Waals surface area contributed by atoms with Gasteiger partial charge in [-0.1, -0.05) is 122 Å². The minimum absolute atomic E-state index is 0.0374. The average Bonchev–Trinajstić information content (AvgIpc) is 4.18. The molecule has 2 aromatic carbocycles. The predicted molar refractivity (Wildman–Crippen MR) is 345 cm³/mol. The van der Waals surface area contributed by atoms with Gasteiger partial charge in [0.25, 0.3) is 0 Å². The highest BCUT2D eigenvalue weighted by Gasteiger charge is 2.46. The zero-order valence-corrected chi connectivity index (χ0v) is 54.4. The number of alkyl halides is 3. The standard InChI is InChI=1S/C68H111ClF3N11/c1-15-49(6)64-41-77-63(38-47(3)4)53(10)76-42-65-51(8)43-83(65)66(50(7)16-2)54(11)79-67(30-17-18-31-67)46-74-34-33-73-32-29-58(27-25-57-26-28-61(62(69)40-57)68(70,71)72)75-35-37-80(13)44-60(39-56-23-21-48(5)22-24-56)81(14)45-59-20-19-36-82(59)55(12)52(9)78-64/h21-24,26,28-29,32,35,37,40,44-45,47,49-55,63-66,74-79H,15-20,25,27,30-31,33-34,36,38-39,41-43,46H2,1-14H3/t49-,50-,51+,52?,53?,54?,55-,63-,64+,65?,66-/m0/s1. The Hall–Kier alpha value is -3.89. The van der Waals surface area contributed by atoms with Crippen LogP contribution in [0.3, 0.4) is 0 Å². The summed E-state index contributed by atoms with van der Waals surface area (Å²) in [7, 11) is 4.22. The molecule has 1 aliphatic carbocycles. The SMILES string of the molecule is CC[C@H](C)[C@H]1C(C)NC2(CCCC2)CNCCN=CC=C(CCc2ccc(C(F)(F)F)c(Cl)c2)NC=CN(C)C=C(Cc2ccc(C)cc2)N(C)C=C2CCCN2[C@@H](C)C(C)N[C@@H]([C@@H](C)CC)CN[C@@H](CC(C)C)C(C)NCC2[C@H](C)CN21. The predicted octanol–water partition coefficient (Wildman–Crippen LogP) is 12.9. The van der Waals surface area contributed by atoms with Crippen LogP contribution < -0.4 is 31.9 Å². The Labute approximate surface area is 506 Å². The van der Waals surface area contributed by atoms with Crippen LogP contribution in [0.25, 0.3) is 0 Å². The fourth-order valence-corrected chi connectivity index (χ4v) is 13.7. The van der Waals surface area contributed by atoms with Crippen LogP contribution in [-0.2, 0) is 19.0 Å². The molecule has 0 aromatic heterocycles. The summed E-state index contributed by atoms with van der Waals surface area (Å²) >= 11 is 6.18. The van der Waals surface area contributed by atoms with Crippen LogP contribution in [0.2, 0.25) is 5.02 Å². The molecule has 4 unspecified atom stereocenters. The zero-order chi connectivity index (χ0) is 60.4. The van der Waals surface area contributed by atoms with Gasteiger partial charge in [-0.15, -0.1) is 0 Å². The number of nitrogens with zero attached hydrogens (tertiary/aromatic N) is 5. The Morgan fingerprint density at radius 3 is 2.20 bits per heavy atom. The summed E-state index contributed by atoms with van der Waals surface area (Å²) < 4.78 is 40.9. The molecule has 3 aliphatic heterocycles. The number of likely N-dealkylation sites (N-methyl/N-ethyl adjacent to an activating group) is 1. The van der Waals surface area contributed by atoms with Crippen LogP contribution in [0.1, 0.15) is 163 Å². The number of benzene rings is 2. The van der Waals surface area contributed by atoms with Crippen molar-refractivity contribution in [3.63, 3.8) is 0 Å². The first-order valence-electron chi connectivity index (χ1n) is 32.1. The number of hydrogen-bond donors (Lipinski definition) is 6. The van der Waals surface area contributed by atoms with Crippen LogP contribution >= 0.6 is 11.6 Å². The molecule has 4 aliphatic rings. The van der Waals surface area contributed by atoms with Gasteiger partial charge in [0.1, 0.15) is 0 Å². The molecule has 6 N–H and O–H groups in total. The Morgan fingerprint density at radius 2 is 1.54 bits per heavy atom. The molecule has 3 heterocycles. The monoisotopic (exact) mass is 1170 g/mol. The van der Waals surface area contributed by atoms with Crippen molar-refractivity contribution in [2.45, 2.75) is 220 Å². The summed E-state index contributed by atoms with van der Waals surface area (Å²) in [4.78, 5) is 14.7. The molecular formula is C68H111ClF3N11. The second-order valence-corrected chi connectivity index (χ2v) is 26.6. The van der Waals surface area contributed by atoms with Gasteiger partial charge in [-0.2, -0.15) is 13.2 Å². The third-order valence-corrected chi connectivity index (χ3v) is 19.4. The maximum atomic E-state index is 13.6. The third-order valence-electron chi connectivity index (χ3n) is 19.1. The summed E-state index contributed by atoms with van der Waals surface area (Å²) in [5.41, 5.74) is 5.80. The van der Waals surface area contributed by atoms with Crippen molar-refractivity contribution in [2.75, 3.05) is 59.9 Å². The van der Waals surface area contributed by atoms with E-state index in [1.54, 1.807) is 0 Å². The van der Waals surface area contributed by atoms with E-state index in [0.29, 0.717) is 79.3 Å². The third kappa shape index (κ3) is 20.4. The molecule has 15 heteroatoms. The Morgan fingerprint density at radius 1 is 0.831 bits per heavy atom. The second kappa shape index (κ2) is 32.7. The maximum absolute atomic E-state index is 13.6. The molecule has 466 valence electrons. The summed E-state index contributed by atoms with van der Waals surface area (Å²) in [6.07, 6.45) is 19.9. The lowest BCUT2D eigenvalue weighted by molar-refractivity contribution is -0.137. The number of fused-ring (bicyclic) bond motifs is 2. The minimum atomic E-state index is -4.51. The van der Waals surface area contributed by atoms with Crippen molar-refractivity contribution in [2.24, 2.45) is 28.7 Å². The number of aryl methyl sites for hydroxylation is 2. The van der Waals surface area contributed by atoms with Crippen molar-refractivity contribution >= 4 is 17.8 Å². The number of aliphatic imine (C=N–C) groups is 1. The molecule has 1 spiro atoms. The van der Waals surface area contributed by atoms with Crippen LogP contribution in [0.5, 0.6) is 0 Å². The normalized spacial score (nSPS) is 28.3. The van der Waals surface area contributed by atoms with Gasteiger partial charge in [0.15, 0.2) is 0 Å². The van der Waals surface area contributed by atoms with E-state index in [9.17, 15) is 13.2 Å². The van der Waals surface area contributed by atoms with Crippen LogP contribution in [0.15, 0.2) is 95.4 Å². The van der Waals surface area contributed by atoms with Crippen LogP contribution in [0.4, 0.5) is 13.2 Å². The molecule has 11 atom stereocenters. The molecule has 2 aromatic rings. The number of hydrogen-bond acceptors (Lipinski definition) is 11. The molecule has 1 saturated carbocycles. The van der Waals surface area contributed by atoms with E-state index in [-0.39, 0.29) is 22.6 Å². The summed E-state index contributed by atoms with van der Waals surface area (Å²) in [6, 6.07) is 15.6. The minimum Gasteiger partial charge on any atom is -0.369 e. The fourth-order valence-electron chi connectivity index (χ4n) is 13.4. The fraction of sp³-hybridized carbons (Fsp3) is 0.691. The molecule has 6 rings (SSSR count). The van der Waals surface area contributed by atoms with Gasteiger partial charge in [0.2, 0.25) is 0 Å². The number of rotatable bonds is 11. The van der Waals surface area contributed by atoms with Gasteiger partial charge in [0, 0.05) is 162 Å².